The Morgan fingerprint density at radius 2 is 1.90 bits per heavy atom. The van der Waals surface area contributed by atoms with Crippen LogP contribution in [0.3, 0.4) is 0 Å². The maximum Gasteiger partial charge on any atom is 0.341 e. The SMILES string of the molecule is CNc1cc(F)cc2c1Cc1ncc(-c3cnc4c(c3)c(=O)c(C(=O)O)cn4C)c(N3CC[C@H]4CCN(C)C4C3)c1-2. The number of hydrogen-bond donors (Lipinski definition) is 2. The maximum absolute atomic E-state index is 14.9. The highest BCUT2D eigenvalue weighted by Gasteiger charge is 2.39. The Morgan fingerprint density at radius 3 is 2.68 bits per heavy atom. The van der Waals surface area contributed by atoms with Crippen molar-refractivity contribution in [2.45, 2.75) is 25.3 Å². The molecule has 2 aliphatic heterocycles. The van der Waals surface area contributed by atoms with Gasteiger partial charge in [0.1, 0.15) is 17.0 Å². The molecule has 4 aromatic rings. The van der Waals surface area contributed by atoms with Gasteiger partial charge in [0, 0.05) is 80.6 Å². The summed E-state index contributed by atoms with van der Waals surface area (Å²) in [5, 5.41) is 13.0. The van der Waals surface area contributed by atoms with Crippen LogP contribution in [0.4, 0.5) is 15.8 Å². The molecule has 10 heteroatoms. The number of likely N-dealkylation sites (tertiary alicyclic amines) is 1. The molecule has 210 valence electrons. The highest BCUT2D eigenvalue weighted by molar-refractivity contribution is 5.98. The van der Waals surface area contributed by atoms with Gasteiger partial charge < -0.3 is 24.8 Å². The maximum atomic E-state index is 14.9. The fourth-order valence-corrected chi connectivity index (χ4v) is 7.16. The van der Waals surface area contributed by atoms with Gasteiger partial charge in [-0.1, -0.05) is 0 Å². The summed E-state index contributed by atoms with van der Waals surface area (Å²) in [6, 6.07) is 5.26. The molecule has 2 fully saturated rings. The standard InChI is InChI=1S/C31H31FN6O3/c1-33-24-10-18(32)9-20-19(24)11-25-27(20)28(38-7-5-16-4-6-36(2)26(16)15-38)22(13-34-25)17-8-21-29(39)23(31(40)41)14-37(3)30(21)35-12-17/h8-10,12-14,16,26,33H,4-7,11,15H2,1-3H3,(H,40,41)/t16-,26?/m1/s1. The van der Waals surface area contributed by atoms with Gasteiger partial charge in [0.2, 0.25) is 5.43 Å². The minimum atomic E-state index is -1.28. The third-order valence-corrected chi connectivity index (χ3v) is 9.24. The zero-order valence-corrected chi connectivity index (χ0v) is 23.2. The van der Waals surface area contributed by atoms with Crippen molar-refractivity contribution >= 4 is 28.4 Å². The van der Waals surface area contributed by atoms with Crippen molar-refractivity contribution < 1.29 is 14.3 Å². The number of carboxylic acids is 1. The molecule has 1 aromatic carbocycles. The summed E-state index contributed by atoms with van der Waals surface area (Å²) in [7, 11) is 5.65. The number of fused-ring (bicyclic) bond motifs is 5. The van der Waals surface area contributed by atoms with E-state index in [4.69, 9.17) is 4.98 Å². The summed E-state index contributed by atoms with van der Waals surface area (Å²) in [5.74, 6) is -0.945. The van der Waals surface area contributed by atoms with Gasteiger partial charge in [0.15, 0.2) is 0 Å². The predicted molar refractivity (Wildman–Crippen MR) is 156 cm³/mol. The highest BCUT2D eigenvalue weighted by atomic mass is 19.1. The van der Waals surface area contributed by atoms with Crippen LogP contribution in [0.2, 0.25) is 0 Å². The van der Waals surface area contributed by atoms with Gasteiger partial charge in [-0.2, -0.15) is 0 Å². The Labute approximate surface area is 236 Å². The van der Waals surface area contributed by atoms with Crippen LogP contribution < -0.4 is 15.6 Å². The van der Waals surface area contributed by atoms with E-state index in [-0.39, 0.29) is 16.8 Å². The van der Waals surface area contributed by atoms with Crippen molar-refractivity contribution in [1.29, 1.82) is 0 Å². The first-order chi connectivity index (χ1) is 19.7. The largest absolute Gasteiger partial charge is 0.477 e. The van der Waals surface area contributed by atoms with Gasteiger partial charge in [-0.15, -0.1) is 0 Å². The Kier molecular flexibility index (Phi) is 5.86. The molecular weight excluding hydrogens is 523 g/mol. The van der Waals surface area contributed by atoms with Crippen LogP contribution in [0.1, 0.15) is 34.5 Å². The normalized spacial score (nSPS) is 19.8. The van der Waals surface area contributed by atoms with Crippen molar-refractivity contribution in [3.8, 4) is 22.3 Å². The molecule has 0 amide bonds. The molecule has 0 bridgehead atoms. The number of likely N-dealkylation sites (N-methyl/N-ethyl adjacent to an activating group) is 1. The van der Waals surface area contributed by atoms with Crippen molar-refractivity contribution in [3.05, 3.63) is 69.7 Å². The van der Waals surface area contributed by atoms with Crippen molar-refractivity contribution in [3.63, 3.8) is 0 Å². The summed E-state index contributed by atoms with van der Waals surface area (Å²) in [5.41, 5.74) is 6.35. The molecule has 7 rings (SSSR count). The van der Waals surface area contributed by atoms with E-state index in [1.54, 1.807) is 37.0 Å². The summed E-state index contributed by atoms with van der Waals surface area (Å²) < 4.78 is 16.5. The van der Waals surface area contributed by atoms with Crippen LogP contribution in [-0.2, 0) is 13.5 Å². The molecule has 2 atom stereocenters. The molecule has 0 spiro atoms. The monoisotopic (exact) mass is 554 g/mol. The molecule has 41 heavy (non-hydrogen) atoms. The van der Waals surface area contributed by atoms with Gasteiger partial charge in [0.25, 0.3) is 0 Å². The average molecular weight is 555 g/mol. The molecular formula is C31H31FN6O3. The first-order valence-electron chi connectivity index (χ1n) is 14.0. The summed E-state index contributed by atoms with van der Waals surface area (Å²) in [6.45, 7) is 2.77. The van der Waals surface area contributed by atoms with E-state index in [0.717, 1.165) is 65.4 Å². The van der Waals surface area contributed by atoms with Gasteiger partial charge in [-0.25, -0.2) is 14.2 Å². The molecule has 1 unspecified atom stereocenters. The van der Waals surface area contributed by atoms with Crippen LogP contribution in [0.5, 0.6) is 0 Å². The molecule has 0 saturated carbocycles. The zero-order chi connectivity index (χ0) is 28.6. The van der Waals surface area contributed by atoms with Crippen molar-refractivity contribution in [1.82, 2.24) is 19.4 Å². The molecule has 3 aliphatic rings. The second kappa shape index (κ2) is 9.37. The number of nitrogens with zero attached hydrogens (tertiary/aromatic N) is 5. The lowest BCUT2D eigenvalue weighted by Crippen LogP contribution is -2.47. The Balaban J connectivity index is 1.47. The number of aryl methyl sites for hydroxylation is 1. The van der Waals surface area contributed by atoms with E-state index in [1.807, 2.05) is 6.20 Å². The van der Waals surface area contributed by atoms with Crippen molar-refractivity contribution in [2.24, 2.45) is 13.0 Å². The van der Waals surface area contributed by atoms with Gasteiger partial charge in [-0.3, -0.25) is 9.78 Å². The lowest BCUT2D eigenvalue weighted by atomic mass is 9.90. The third kappa shape index (κ3) is 3.92. The first kappa shape index (κ1) is 25.6. The quantitative estimate of drug-likeness (QED) is 0.344. The number of piperidine rings is 1. The second-order valence-electron chi connectivity index (χ2n) is 11.5. The van der Waals surface area contributed by atoms with E-state index in [2.05, 4.69) is 27.1 Å². The number of aromatic nitrogens is 3. The molecule has 1 aliphatic carbocycles. The van der Waals surface area contributed by atoms with E-state index >= 15 is 0 Å². The molecule has 2 saturated heterocycles. The van der Waals surface area contributed by atoms with Crippen LogP contribution in [0.15, 0.2) is 41.6 Å². The van der Waals surface area contributed by atoms with Crippen LogP contribution in [0.25, 0.3) is 33.3 Å². The number of hydrogen-bond acceptors (Lipinski definition) is 7. The first-order valence-corrected chi connectivity index (χ1v) is 14.0. The number of carbonyl (C=O) groups is 1. The lowest BCUT2D eigenvalue weighted by Gasteiger charge is -2.40. The van der Waals surface area contributed by atoms with Crippen LogP contribution in [0, 0.1) is 11.7 Å². The summed E-state index contributed by atoms with van der Waals surface area (Å²) in [6.07, 6.45) is 7.68. The Morgan fingerprint density at radius 1 is 1.10 bits per heavy atom. The average Bonchev–Trinajstić information content (AvgIpc) is 3.53. The van der Waals surface area contributed by atoms with E-state index in [9.17, 15) is 19.1 Å². The Bertz CT molecular complexity index is 1820. The summed E-state index contributed by atoms with van der Waals surface area (Å²) >= 11 is 0. The smallest absolute Gasteiger partial charge is 0.341 e. The number of pyridine rings is 3. The van der Waals surface area contributed by atoms with Crippen LogP contribution >= 0.6 is 0 Å². The molecule has 5 heterocycles. The fourth-order valence-electron chi connectivity index (χ4n) is 7.16. The van der Waals surface area contributed by atoms with E-state index < -0.39 is 11.4 Å². The molecule has 9 nitrogen and oxygen atoms in total. The number of carboxylic acid groups (broad SMARTS) is 1. The number of halogens is 1. The topological polar surface area (TPSA) is 104 Å². The second-order valence-corrected chi connectivity index (χ2v) is 11.5. The third-order valence-electron chi connectivity index (χ3n) is 9.24. The van der Waals surface area contributed by atoms with Gasteiger partial charge in [0.05, 0.1) is 16.8 Å². The van der Waals surface area contributed by atoms with Gasteiger partial charge in [-0.05, 0) is 61.7 Å². The minimum absolute atomic E-state index is 0.231. The summed E-state index contributed by atoms with van der Waals surface area (Å²) in [4.78, 5) is 39.3. The van der Waals surface area contributed by atoms with E-state index in [1.165, 1.54) is 18.7 Å². The van der Waals surface area contributed by atoms with Gasteiger partial charge >= 0.3 is 5.97 Å². The highest BCUT2D eigenvalue weighted by Crippen LogP contribution is 2.49. The fraction of sp³-hybridized carbons (Fsp3) is 0.355. The van der Waals surface area contributed by atoms with Crippen molar-refractivity contribution in [2.75, 3.05) is 43.9 Å². The number of anilines is 2. The molecule has 3 aromatic heterocycles. The zero-order valence-electron chi connectivity index (χ0n) is 23.2. The number of rotatable bonds is 4. The molecule has 0 radical (unpaired) electrons. The van der Waals surface area contributed by atoms with Crippen LogP contribution in [-0.4, -0.2) is 70.3 Å². The number of benzene rings is 1. The molecule has 2 N–H and O–H groups in total. The lowest BCUT2D eigenvalue weighted by molar-refractivity contribution is 0.0695. The Hall–Kier alpha value is -4.31. The number of aromatic carboxylic acids is 1. The predicted octanol–water partition coefficient (Wildman–Crippen LogP) is 3.98. The van der Waals surface area contributed by atoms with E-state index in [0.29, 0.717) is 29.6 Å². The number of nitrogens with one attached hydrogen (secondary N) is 1. The minimum Gasteiger partial charge on any atom is -0.477 e.